The van der Waals surface area contributed by atoms with Crippen LogP contribution in [-0.2, 0) is 24.7 Å². The molecule has 0 aromatic heterocycles. The summed E-state index contributed by atoms with van der Waals surface area (Å²) in [6.45, 7) is 11.0. The lowest BCUT2D eigenvalue weighted by atomic mass is 9.79. The number of nitrogens with one attached hydrogen (secondary N) is 1. The topological polar surface area (TPSA) is 132 Å². The summed E-state index contributed by atoms with van der Waals surface area (Å²) >= 11 is 0. The van der Waals surface area contributed by atoms with E-state index in [9.17, 15) is 24.3 Å². The molecule has 0 radical (unpaired) electrons. The number of rotatable bonds is 9. The molecule has 12 nitrogen and oxygen atoms in total. The number of piperidine rings is 2. The Balaban J connectivity index is 1.30. The van der Waals surface area contributed by atoms with Gasteiger partial charge in [0.1, 0.15) is 11.4 Å². The Hall–Kier alpha value is -4.16. The van der Waals surface area contributed by atoms with Gasteiger partial charge in [0, 0.05) is 51.1 Å². The zero-order chi connectivity index (χ0) is 37.4. The first-order chi connectivity index (χ1) is 24.6. The molecule has 4 amide bonds. The van der Waals surface area contributed by atoms with E-state index < -0.39 is 34.7 Å². The van der Waals surface area contributed by atoms with E-state index in [0.29, 0.717) is 30.1 Å². The number of likely N-dealkylation sites (tertiary alicyclic amines) is 2. The summed E-state index contributed by atoms with van der Waals surface area (Å²) in [5, 5.41) is 13.0. The zero-order valence-corrected chi connectivity index (χ0v) is 31.5. The largest absolute Gasteiger partial charge is 0.476 e. The van der Waals surface area contributed by atoms with Crippen molar-refractivity contribution >= 4 is 35.2 Å². The summed E-state index contributed by atoms with van der Waals surface area (Å²) in [6.07, 6.45) is 3.25. The Labute approximate surface area is 307 Å². The number of carbonyl (C=O) groups excluding carboxylic acids is 4. The Kier molecular flexibility index (Phi) is 10.6. The lowest BCUT2D eigenvalue weighted by molar-refractivity contribution is -0.133. The molecule has 0 bridgehead atoms. The van der Waals surface area contributed by atoms with Crippen molar-refractivity contribution in [3.63, 3.8) is 0 Å². The predicted octanol–water partition coefficient (Wildman–Crippen LogP) is 4.68. The first-order valence-electron chi connectivity index (χ1n) is 18.7. The van der Waals surface area contributed by atoms with Gasteiger partial charge in [0.2, 0.25) is 11.8 Å². The lowest BCUT2D eigenvalue weighted by Gasteiger charge is -2.44. The number of fused-ring (bicyclic) bond motifs is 1. The molecule has 0 unspecified atom stereocenters. The van der Waals surface area contributed by atoms with Crippen LogP contribution in [0.25, 0.3) is 0 Å². The van der Waals surface area contributed by atoms with Crippen molar-refractivity contribution in [3.8, 4) is 5.75 Å². The highest BCUT2D eigenvalue weighted by atomic mass is 16.6. The number of benzene rings is 2. The molecule has 6 rings (SSSR count). The molecule has 4 aliphatic rings. The van der Waals surface area contributed by atoms with E-state index in [1.165, 1.54) is 4.90 Å². The van der Waals surface area contributed by atoms with Gasteiger partial charge in [-0.2, -0.15) is 0 Å². The molecule has 1 saturated carbocycles. The molecule has 12 heteroatoms. The van der Waals surface area contributed by atoms with Gasteiger partial charge in [-0.3, -0.25) is 14.4 Å². The van der Waals surface area contributed by atoms with Crippen LogP contribution < -0.4 is 19.9 Å². The Bertz CT molecular complexity index is 1650. The number of aliphatic hydroxyl groups is 1. The normalized spacial score (nSPS) is 22.9. The van der Waals surface area contributed by atoms with Gasteiger partial charge >= 0.3 is 6.09 Å². The predicted molar refractivity (Wildman–Crippen MR) is 198 cm³/mol. The molecule has 282 valence electrons. The van der Waals surface area contributed by atoms with Crippen LogP contribution in [0.15, 0.2) is 48.5 Å². The first kappa shape index (κ1) is 37.6. The molecule has 0 spiro atoms. The van der Waals surface area contributed by atoms with Crippen molar-refractivity contribution < 1.29 is 33.8 Å². The van der Waals surface area contributed by atoms with Crippen LogP contribution in [0.3, 0.4) is 0 Å². The van der Waals surface area contributed by atoms with Crippen LogP contribution in [0.5, 0.6) is 5.75 Å². The second-order valence-corrected chi connectivity index (χ2v) is 16.5. The van der Waals surface area contributed by atoms with Gasteiger partial charge in [0.25, 0.3) is 5.91 Å². The minimum absolute atomic E-state index is 0.0437. The molecule has 52 heavy (non-hydrogen) atoms. The van der Waals surface area contributed by atoms with Gasteiger partial charge in [0.05, 0.1) is 23.1 Å². The number of ether oxygens (including phenoxy) is 2. The van der Waals surface area contributed by atoms with Crippen molar-refractivity contribution in [1.82, 2.24) is 15.1 Å². The van der Waals surface area contributed by atoms with Gasteiger partial charge in [-0.1, -0.05) is 30.3 Å². The van der Waals surface area contributed by atoms with Crippen LogP contribution in [0, 0.1) is 11.8 Å². The third-order valence-electron chi connectivity index (χ3n) is 10.7. The van der Waals surface area contributed by atoms with Crippen molar-refractivity contribution in [2.75, 3.05) is 56.2 Å². The average molecular weight is 718 g/mol. The van der Waals surface area contributed by atoms with E-state index in [1.54, 1.807) is 50.5 Å². The first-order valence-corrected chi connectivity index (χ1v) is 18.7. The monoisotopic (exact) mass is 717 g/mol. The number of hydrogen-bond acceptors (Lipinski definition) is 8. The fourth-order valence-corrected chi connectivity index (χ4v) is 7.73. The quantitative estimate of drug-likeness (QED) is 0.383. The highest BCUT2D eigenvalue weighted by Gasteiger charge is 2.46. The number of nitrogens with zero attached hydrogens (tertiary/aromatic N) is 4. The second-order valence-electron chi connectivity index (χ2n) is 16.5. The highest BCUT2D eigenvalue weighted by molar-refractivity contribution is 6.04. The number of anilines is 2. The molecule has 2 saturated heterocycles. The summed E-state index contributed by atoms with van der Waals surface area (Å²) in [5.41, 5.74) is -0.162. The van der Waals surface area contributed by atoms with Crippen LogP contribution >= 0.6 is 0 Å². The van der Waals surface area contributed by atoms with Crippen LogP contribution in [0.4, 0.5) is 16.2 Å². The molecule has 2 aromatic rings. The van der Waals surface area contributed by atoms with E-state index in [0.717, 1.165) is 44.3 Å². The van der Waals surface area contributed by atoms with Crippen molar-refractivity contribution in [2.45, 2.75) is 95.9 Å². The number of carbonyl (C=O) groups is 4. The van der Waals surface area contributed by atoms with Crippen LogP contribution in [-0.4, -0.2) is 102 Å². The Morgan fingerprint density at radius 1 is 1.02 bits per heavy atom. The molecule has 3 heterocycles. The summed E-state index contributed by atoms with van der Waals surface area (Å²) in [7, 11) is 2.08. The summed E-state index contributed by atoms with van der Waals surface area (Å²) in [4.78, 5) is 63.4. The molecule has 3 fully saturated rings. The maximum Gasteiger partial charge on any atom is 0.410 e. The maximum absolute atomic E-state index is 14.8. The Morgan fingerprint density at radius 3 is 2.33 bits per heavy atom. The minimum atomic E-state index is -1.08. The number of hydrogen-bond donors (Lipinski definition) is 2. The van der Waals surface area contributed by atoms with Gasteiger partial charge < -0.3 is 39.5 Å². The van der Waals surface area contributed by atoms with Gasteiger partial charge in [-0.25, -0.2) is 4.79 Å². The summed E-state index contributed by atoms with van der Waals surface area (Å²) < 4.78 is 11.9. The Morgan fingerprint density at radius 2 is 1.69 bits per heavy atom. The molecule has 2 aromatic carbocycles. The SMILES string of the molecule is CN1CCC(NC(=O)[C@H]2C[C@@H](C(=O)N(c3ccc4c(c3)N(CCCO)C(=O)C(C)(C)O4)C3CC3)CN(C(=O)OC(C)(C)C)C2)(c2ccccc2)CC1. The third kappa shape index (κ3) is 8.07. The lowest BCUT2D eigenvalue weighted by Crippen LogP contribution is -2.58. The summed E-state index contributed by atoms with van der Waals surface area (Å²) in [5.74, 6) is -1.34. The van der Waals surface area contributed by atoms with E-state index in [1.807, 2.05) is 30.3 Å². The van der Waals surface area contributed by atoms with Gasteiger partial charge in [-0.15, -0.1) is 0 Å². The van der Waals surface area contributed by atoms with Gasteiger partial charge in [-0.05, 0) is 104 Å². The van der Waals surface area contributed by atoms with Crippen LogP contribution in [0.1, 0.15) is 78.7 Å². The maximum atomic E-state index is 14.8. The van der Waals surface area contributed by atoms with Crippen molar-refractivity contribution in [3.05, 3.63) is 54.1 Å². The van der Waals surface area contributed by atoms with E-state index in [4.69, 9.17) is 9.47 Å². The van der Waals surface area contributed by atoms with Crippen molar-refractivity contribution in [2.24, 2.45) is 11.8 Å². The minimum Gasteiger partial charge on any atom is -0.476 e. The van der Waals surface area contributed by atoms with E-state index in [-0.39, 0.29) is 49.9 Å². The number of aliphatic hydroxyl groups excluding tert-OH is 1. The molecule has 3 aliphatic heterocycles. The fourth-order valence-electron chi connectivity index (χ4n) is 7.73. The average Bonchev–Trinajstić information content (AvgIpc) is 3.94. The summed E-state index contributed by atoms with van der Waals surface area (Å²) in [6, 6.07) is 15.5. The number of amides is 4. The van der Waals surface area contributed by atoms with Crippen molar-refractivity contribution in [1.29, 1.82) is 0 Å². The molecule has 2 atom stereocenters. The molecule has 2 N–H and O–H groups in total. The standard InChI is InChI=1S/C40H55N5O7/c1-38(2,3)52-37(50)43-25-27(34(47)41-40(17-20-42(6)21-18-40)29-11-8-7-9-12-29)23-28(26-43)35(48)45(30-13-14-30)31-15-16-33-32(24-31)44(19-10-22-46)36(49)39(4,5)51-33/h7-9,11-12,15-16,24,27-28,30,46H,10,13-14,17-23,25-26H2,1-6H3,(H,41,47)/t27-,28+/m0/s1. The highest BCUT2D eigenvalue weighted by Crippen LogP contribution is 2.43. The van der Waals surface area contributed by atoms with Crippen LogP contribution in [0.2, 0.25) is 0 Å². The smallest absolute Gasteiger partial charge is 0.410 e. The van der Waals surface area contributed by atoms with E-state index in [2.05, 4.69) is 29.4 Å². The van der Waals surface area contributed by atoms with E-state index >= 15 is 0 Å². The fraction of sp³-hybridized carbons (Fsp3) is 0.600. The third-order valence-corrected chi connectivity index (χ3v) is 10.7. The molecule has 1 aliphatic carbocycles. The van der Waals surface area contributed by atoms with Gasteiger partial charge in [0.15, 0.2) is 5.60 Å². The molecular weight excluding hydrogens is 662 g/mol. The zero-order valence-electron chi connectivity index (χ0n) is 31.5. The molecular formula is C40H55N5O7. The second kappa shape index (κ2) is 14.7.